The highest BCUT2D eigenvalue weighted by atomic mass is 32.2. The Morgan fingerprint density at radius 3 is 2.74 bits per heavy atom. The smallest absolute Gasteiger partial charge is 0.244 e. The number of sulfonamides is 1. The molecule has 1 aromatic rings. The lowest BCUT2D eigenvalue weighted by molar-refractivity contribution is -0.119. The Morgan fingerprint density at radius 2 is 2.16 bits per heavy atom. The molecule has 0 aromatic heterocycles. The lowest BCUT2D eigenvalue weighted by Gasteiger charge is -2.14. The Morgan fingerprint density at radius 1 is 1.42 bits per heavy atom. The third-order valence-electron chi connectivity index (χ3n) is 2.91. The van der Waals surface area contributed by atoms with Gasteiger partial charge in [0.25, 0.3) is 0 Å². The second-order valence-corrected chi connectivity index (χ2v) is 6.16. The van der Waals surface area contributed by atoms with E-state index in [0.29, 0.717) is 6.54 Å². The zero-order valence-corrected chi connectivity index (χ0v) is 11.6. The molecule has 1 heterocycles. The minimum Gasteiger partial charge on any atom is -0.495 e. The van der Waals surface area contributed by atoms with Gasteiger partial charge in [-0.05, 0) is 24.6 Å². The van der Waals surface area contributed by atoms with Crippen LogP contribution in [0.1, 0.15) is 12.0 Å². The standard InChI is InChI=1S/C12H16N2O4S/c1-8-3-4-10(18-2)11(5-8)19(16,17)14-9-6-12(15)13-7-9/h3-5,9,14H,6-7H2,1-2H3,(H,13,15)/t9-/m0/s1. The van der Waals surface area contributed by atoms with E-state index in [0.717, 1.165) is 5.56 Å². The highest BCUT2D eigenvalue weighted by Gasteiger charge is 2.28. The molecular formula is C12H16N2O4S. The zero-order valence-electron chi connectivity index (χ0n) is 10.8. The van der Waals surface area contributed by atoms with Crippen LogP contribution >= 0.6 is 0 Å². The number of hydrogen-bond donors (Lipinski definition) is 2. The third-order valence-corrected chi connectivity index (χ3v) is 4.45. The van der Waals surface area contributed by atoms with Crippen molar-refractivity contribution in [3.63, 3.8) is 0 Å². The number of amides is 1. The molecule has 0 bridgehead atoms. The first-order valence-corrected chi connectivity index (χ1v) is 7.34. The molecule has 19 heavy (non-hydrogen) atoms. The number of carbonyl (C=O) groups excluding carboxylic acids is 1. The minimum atomic E-state index is -3.70. The summed E-state index contributed by atoms with van der Waals surface area (Å²) in [4.78, 5) is 11.2. The molecule has 1 saturated heterocycles. The Kier molecular flexibility index (Phi) is 3.77. The zero-order chi connectivity index (χ0) is 14.0. The summed E-state index contributed by atoms with van der Waals surface area (Å²) in [5, 5.41) is 2.59. The van der Waals surface area contributed by atoms with Crippen molar-refractivity contribution in [3.8, 4) is 5.75 Å². The molecule has 0 aliphatic carbocycles. The van der Waals surface area contributed by atoms with Crippen molar-refractivity contribution in [3.05, 3.63) is 23.8 Å². The van der Waals surface area contributed by atoms with Crippen molar-refractivity contribution in [2.24, 2.45) is 0 Å². The number of hydrogen-bond acceptors (Lipinski definition) is 4. The van der Waals surface area contributed by atoms with Gasteiger partial charge in [0.2, 0.25) is 15.9 Å². The molecule has 0 spiro atoms. The van der Waals surface area contributed by atoms with E-state index >= 15 is 0 Å². The van der Waals surface area contributed by atoms with Crippen LogP contribution < -0.4 is 14.8 Å². The molecule has 1 amide bonds. The maximum absolute atomic E-state index is 12.3. The average Bonchev–Trinajstić information content (AvgIpc) is 2.74. The SMILES string of the molecule is COc1ccc(C)cc1S(=O)(=O)N[C@@H]1CNC(=O)C1. The molecule has 1 fully saturated rings. The molecule has 0 saturated carbocycles. The molecule has 7 heteroatoms. The number of methoxy groups -OCH3 is 1. The summed E-state index contributed by atoms with van der Waals surface area (Å²) >= 11 is 0. The number of benzene rings is 1. The predicted octanol–water partition coefficient (Wildman–Crippen LogP) is 0.170. The van der Waals surface area contributed by atoms with Crippen LogP contribution in [0.5, 0.6) is 5.75 Å². The Labute approximate surface area is 112 Å². The summed E-state index contributed by atoms with van der Waals surface area (Å²) in [7, 11) is -2.28. The first-order chi connectivity index (χ1) is 8.92. The van der Waals surface area contributed by atoms with E-state index < -0.39 is 16.1 Å². The summed E-state index contributed by atoms with van der Waals surface area (Å²) in [6.45, 7) is 2.12. The van der Waals surface area contributed by atoms with Crippen molar-refractivity contribution < 1.29 is 17.9 Å². The lowest BCUT2D eigenvalue weighted by Crippen LogP contribution is -2.36. The van der Waals surface area contributed by atoms with Gasteiger partial charge in [-0.1, -0.05) is 6.07 Å². The Balaban J connectivity index is 2.28. The van der Waals surface area contributed by atoms with E-state index in [9.17, 15) is 13.2 Å². The van der Waals surface area contributed by atoms with Crippen molar-refractivity contribution in [2.45, 2.75) is 24.3 Å². The first kappa shape index (κ1) is 13.8. The van der Waals surface area contributed by atoms with Crippen LogP contribution in [0.25, 0.3) is 0 Å². The molecule has 2 rings (SSSR count). The molecule has 1 aliphatic rings. The molecular weight excluding hydrogens is 268 g/mol. The van der Waals surface area contributed by atoms with Crippen LogP contribution in [0, 0.1) is 6.92 Å². The van der Waals surface area contributed by atoms with Gasteiger partial charge < -0.3 is 10.1 Å². The van der Waals surface area contributed by atoms with Gasteiger partial charge in [-0.3, -0.25) is 4.79 Å². The minimum absolute atomic E-state index is 0.0920. The number of ether oxygens (including phenoxy) is 1. The van der Waals surface area contributed by atoms with Crippen LogP contribution in [0.15, 0.2) is 23.1 Å². The van der Waals surface area contributed by atoms with Gasteiger partial charge in [0.15, 0.2) is 0 Å². The maximum Gasteiger partial charge on any atom is 0.244 e. The van der Waals surface area contributed by atoms with E-state index in [4.69, 9.17) is 4.74 Å². The summed E-state index contributed by atoms with van der Waals surface area (Å²) in [6.07, 6.45) is 0.160. The van der Waals surface area contributed by atoms with Crippen molar-refractivity contribution >= 4 is 15.9 Å². The summed E-state index contributed by atoms with van der Waals surface area (Å²) in [5.41, 5.74) is 0.821. The van der Waals surface area contributed by atoms with Gasteiger partial charge in [-0.2, -0.15) is 0 Å². The number of aryl methyl sites for hydroxylation is 1. The maximum atomic E-state index is 12.3. The Hall–Kier alpha value is -1.60. The number of carbonyl (C=O) groups is 1. The highest BCUT2D eigenvalue weighted by molar-refractivity contribution is 7.89. The average molecular weight is 284 g/mol. The lowest BCUT2D eigenvalue weighted by atomic mass is 10.2. The van der Waals surface area contributed by atoms with Crippen LogP contribution in [0.3, 0.4) is 0 Å². The monoisotopic (exact) mass is 284 g/mol. The summed E-state index contributed by atoms with van der Waals surface area (Å²) in [5.74, 6) is 0.138. The second kappa shape index (κ2) is 5.18. The van der Waals surface area contributed by atoms with E-state index in [-0.39, 0.29) is 23.0 Å². The number of nitrogens with one attached hydrogen (secondary N) is 2. The van der Waals surface area contributed by atoms with Crippen molar-refractivity contribution in [1.82, 2.24) is 10.0 Å². The molecule has 1 aromatic carbocycles. The largest absolute Gasteiger partial charge is 0.495 e. The van der Waals surface area contributed by atoms with Crippen LogP contribution in [0.2, 0.25) is 0 Å². The van der Waals surface area contributed by atoms with Crippen molar-refractivity contribution in [1.29, 1.82) is 0 Å². The van der Waals surface area contributed by atoms with Gasteiger partial charge in [-0.25, -0.2) is 13.1 Å². The molecule has 1 aliphatic heterocycles. The molecule has 1 atom stereocenters. The Bertz CT molecular complexity index is 598. The van der Waals surface area contributed by atoms with E-state index in [1.165, 1.54) is 7.11 Å². The topological polar surface area (TPSA) is 84.5 Å². The van der Waals surface area contributed by atoms with Crippen molar-refractivity contribution in [2.75, 3.05) is 13.7 Å². The fourth-order valence-electron chi connectivity index (χ4n) is 1.97. The van der Waals surface area contributed by atoms with Gasteiger partial charge in [0.05, 0.1) is 7.11 Å². The first-order valence-electron chi connectivity index (χ1n) is 5.86. The normalized spacial score (nSPS) is 19.3. The second-order valence-electron chi connectivity index (χ2n) is 4.48. The van der Waals surface area contributed by atoms with E-state index in [1.54, 1.807) is 25.1 Å². The van der Waals surface area contributed by atoms with Gasteiger partial charge in [-0.15, -0.1) is 0 Å². The molecule has 2 N–H and O–H groups in total. The molecule has 0 unspecified atom stereocenters. The fourth-order valence-corrected chi connectivity index (χ4v) is 3.46. The van der Waals surface area contributed by atoms with Crippen LogP contribution in [0.4, 0.5) is 0 Å². The third kappa shape index (κ3) is 3.05. The highest BCUT2D eigenvalue weighted by Crippen LogP contribution is 2.25. The van der Waals surface area contributed by atoms with Crippen LogP contribution in [-0.4, -0.2) is 34.0 Å². The van der Waals surface area contributed by atoms with Crippen LogP contribution in [-0.2, 0) is 14.8 Å². The summed E-state index contributed by atoms with van der Waals surface area (Å²) < 4.78 is 32.2. The van der Waals surface area contributed by atoms with Gasteiger partial charge in [0, 0.05) is 19.0 Å². The van der Waals surface area contributed by atoms with Gasteiger partial charge in [0.1, 0.15) is 10.6 Å². The fraction of sp³-hybridized carbons (Fsp3) is 0.417. The summed E-state index contributed by atoms with van der Waals surface area (Å²) in [6, 6.07) is 4.52. The predicted molar refractivity (Wildman–Crippen MR) is 69.5 cm³/mol. The van der Waals surface area contributed by atoms with E-state index in [2.05, 4.69) is 10.0 Å². The number of rotatable bonds is 4. The van der Waals surface area contributed by atoms with E-state index in [1.807, 2.05) is 0 Å². The molecule has 6 nitrogen and oxygen atoms in total. The molecule has 104 valence electrons. The quantitative estimate of drug-likeness (QED) is 0.825. The van der Waals surface area contributed by atoms with Gasteiger partial charge >= 0.3 is 0 Å². The molecule has 0 radical (unpaired) electrons.